The van der Waals surface area contributed by atoms with Crippen LogP contribution in [0.5, 0.6) is 0 Å². The molecule has 0 aliphatic carbocycles. The van der Waals surface area contributed by atoms with Crippen molar-refractivity contribution in [3.05, 3.63) is 63.6 Å². The molecule has 7 heteroatoms. The van der Waals surface area contributed by atoms with Crippen LogP contribution in [0.2, 0.25) is 10.0 Å². The van der Waals surface area contributed by atoms with Crippen molar-refractivity contribution in [2.75, 3.05) is 32.6 Å². The molecule has 0 aliphatic heterocycles. The van der Waals surface area contributed by atoms with E-state index >= 15 is 0 Å². The zero-order valence-electron chi connectivity index (χ0n) is 14.8. The molecule has 0 saturated heterocycles. The third kappa shape index (κ3) is 5.13. The van der Waals surface area contributed by atoms with Crippen molar-refractivity contribution < 1.29 is 14.3 Å². The summed E-state index contributed by atoms with van der Waals surface area (Å²) >= 11 is 11.9. The first kappa shape index (κ1) is 20.1. The van der Waals surface area contributed by atoms with Gasteiger partial charge in [-0.25, -0.2) is 4.79 Å². The highest BCUT2D eigenvalue weighted by Gasteiger charge is 2.17. The SMILES string of the molecule is CN(Cc1ccc(N(C)C)cc1)C(=O)COC(=O)c1cccc(Cl)c1Cl. The van der Waals surface area contributed by atoms with Crippen LogP contribution in [0.1, 0.15) is 15.9 Å². The van der Waals surface area contributed by atoms with Gasteiger partial charge in [-0.3, -0.25) is 4.79 Å². The lowest BCUT2D eigenvalue weighted by molar-refractivity contribution is -0.133. The molecule has 1 amide bonds. The van der Waals surface area contributed by atoms with Gasteiger partial charge in [-0.2, -0.15) is 0 Å². The number of hydrogen-bond acceptors (Lipinski definition) is 4. The van der Waals surface area contributed by atoms with Gasteiger partial charge in [0.2, 0.25) is 0 Å². The second-order valence-electron chi connectivity index (χ2n) is 5.99. The van der Waals surface area contributed by atoms with Gasteiger partial charge in [-0.15, -0.1) is 0 Å². The van der Waals surface area contributed by atoms with E-state index < -0.39 is 5.97 Å². The topological polar surface area (TPSA) is 49.9 Å². The third-order valence-electron chi connectivity index (χ3n) is 3.80. The Morgan fingerprint density at radius 1 is 1.00 bits per heavy atom. The minimum atomic E-state index is -0.686. The fourth-order valence-corrected chi connectivity index (χ4v) is 2.62. The van der Waals surface area contributed by atoms with Gasteiger partial charge in [0.15, 0.2) is 6.61 Å². The lowest BCUT2D eigenvalue weighted by Gasteiger charge is -2.18. The minimum Gasteiger partial charge on any atom is -0.452 e. The number of nitrogens with zero attached hydrogens (tertiary/aromatic N) is 2. The molecule has 0 unspecified atom stereocenters. The zero-order valence-corrected chi connectivity index (χ0v) is 16.3. The first-order valence-corrected chi connectivity index (χ1v) is 8.66. The molecule has 0 spiro atoms. The molecule has 0 aromatic heterocycles. The number of amides is 1. The smallest absolute Gasteiger partial charge is 0.340 e. The van der Waals surface area contributed by atoms with Crippen LogP contribution < -0.4 is 4.90 Å². The van der Waals surface area contributed by atoms with E-state index in [1.54, 1.807) is 19.2 Å². The number of anilines is 1. The predicted octanol–water partition coefficient (Wildman–Crippen LogP) is 3.87. The van der Waals surface area contributed by atoms with E-state index in [0.29, 0.717) is 6.54 Å². The molecule has 0 N–H and O–H groups in total. The molecule has 138 valence electrons. The molecule has 2 aromatic rings. The molecule has 26 heavy (non-hydrogen) atoms. The summed E-state index contributed by atoms with van der Waals surface area (Å²) in [5.41, 5.74) is 2.19. The molecule has 0 aliphatic rings. The summed E-state index contributed by atoms with van der Waals surface area (Å²) in [5.74, 6) is -0.997. The van der Waals surface area contributed by atoms with Gasteiger partial charge in [-0.05, 0) is 29.8 Å². The van der Waals surface area contributed by atoms with Crippen molar-refractivity contribution in [2.24, 2.45) is 0 Å². The number of esters is 1. The monoisotopic (exact) mass is 394 g/mol. The summed E-state index contributed by atoms with van der Waals surface area (Å²) in [7, 11) is 5.58. The molecular weight excluding hydrogens is 375 g/mol. The molecule has 0 atom stereocenters. The van der Waals surface area contributed by atoms with Crippen molar-refractivity contribution in [1.29, 1.82) is 0 Å². The van der Waals surface area contributed by atoms with Crippen molar-refractivity contribution in [3.63, 3.8) is 0 Å². The molecule has 5 nitrogen and oxygen atoms in total. The van der Waals surface area contributed by atoms with Crippen LogP contribution >= 0.6 is 23.2 Å². The molecule has 2 aromatic carbocycles. The van der Waals surface area contributed by atoms with Crippen molar-refractivity contribution in [3.8, 4) is 0 Å². The van der Waals surface area contributed by atoms with E-state index in [4.69, 9.17) is 27.9 Å². The first-order valence-electron chi connectivity index (χ1n) is 7.91. The maximum absolute atomic E-state index is 12.2. The van der Waals surface area contributed by atoms with Gasteiger partial charge < -0.3 is 14.5 Å². The fourth-order valence-electron chi connectivity index (χ4n) is 2.24. The fraction of sp³-hybridized carbons (Fsp3) is 0.263. The average molecular weight is 395 g/mol. The molecule has 0 bridgehead atoms. The van der Waals surface area contributed by atoms with Gasteiger partial charge in [0, 0.05) is 33.4 Å². The van der Waals surface area contributed by atoms with Crippen LogP contribution in [0.3, 0.4) is 0 Å². The molecule has 0 heterocycles. The Hall–Kier alpha value is -2.24. The van der Waals surface area contributed by atoms with E-state index in [1.165, 1.54) is 11.0 Å². The minimum absolute atomic E-state index is 0.112. The van der Waals surface area contributed by atoms with E-state index in [0.717, 1.165) is 11.3 Å². The average Bonchev–Trinajstić information content (AvgIpc) is 2.62. The van der Waals surface area contributed by atoms with Gasteiger partial charge in [0.05, 0.1) is 15.6 Å². The second-order valence-corrected chi connectivity index (χ2v) is 6.77. The number of ether oxygens (including phenoxy) is 1. The maximum atomic E-state index is 12.2. The second kappa shape index (κ2) is 8.92. The van der Waals surface area contributed by atoms with Gasteiger partial charge >= 0.3 is 5.97 Å². The highest BCUT2D eigenvalue weighted by molar-refractivity contribution is 6.43. The number of likely N-dealkylation sites (N-methyl/N-ethyl adjacent to an activating group) is 1. The number of carbonyl (C=O) groups is 2. The Morgan fingerprint density at radius 3 is 2.27 bits per heavy atom. The van der Waals surface area contributed by atoms with Crippen LogP contribution in [0.25, 0.3) is 0 Å². The summed E-state index contributed by atoms with van der Waals surface area (Å²) in [5, 5.41) is 0.367. The molecule has 2 rings (SSSR count). The van der Waals surface area contributed by atoms with Crippen molar-refractivity contribution in [1.82, 2.24) is 4.90 Å². The quantitative estimate of drug-likeness (QED) is 0.697. The Labute approximate surface area is 163 Å². The first-order chi connectivity index (χ1) is 12.3. The van der Waals surface area contributed by atoms with Crippen LogP contribution in [0.4, 0.5) is 5.69 Å². The largest absolute Gasteiger partial charge is 0.452 e. The lowest BCUT2D eigenvalue weighted by atomic mass is 10.2. The van der Waals surface area contributed by atoms with Gasteiger partial charge in [-0.1, -0.05) is 41.4 Å². The van der Waals surface area contributed by atoms with Gasteiger partial charge in [0.1, 0.15) is 0 Å². The Balaban J connectivity index is 1.90. The summed E-state index contributed by atoms with van der Waals surface area (Å²) in [6, 6.07) is 12.5. The highest BCUT2D eigenvalue weighted by atomic mass is 35.5. The van der Waals surface area contributed by atoms with E-state index in [-0.39, 0.29) is 28.1 Å². The normalized spacial score (nSPS) is 10.3. The highest BCUT2D eigenvalue weighted by Crippen LogP contribution is 2.26. The number of rotatable bonds is 6. The molecular formula is C19H20Cl2N2O3. The standard InChI is InChI=1S/C19H20Cl2N2O3/c1-22(2)14-9-7-13(8-10-14)11-23(3)17(24)12-26-19(25)15-5-4-6-16(20)18(15)21/h4-10H,11-12H2,1-3H3. The Kier molecular flexibility index (Phi) is 6.89. The van der Waals surface area contributed by atoms with E-state index in [1.807, 2.05) is 43.3 Å². The Bertz CT molecular complexity index is 792. The van der Waals surface area contributed by atoms with Crippen LogP contribution in [-0.4, -0.2) is 44.5 Å². The summed E-state index contributed by atoms with van der Waals surface area (Å²) < 4.78 is 5.06. The summed E-state index contributed by atoms with van der Waals surface area (Å²) in [6.07, 6.45) is 0. The predicted molar refractivity (Wildman–Crippen MR) is 104 cm³/mol. The van der Waals surface area contributed by atoms with Gasteiger partial charge in [0.25, 0.3) is 5.91 Å². The third-order valence-corrected chi connectivity index (χ3v) is 4.62. The van der Waals surface area contributed by atoms with Crippen LogP contribution in [0.15, 0.2) is 42.5 Å². The molecule has 0 fully saturated rings. The maximum Gasteiger partial charge on any atom is 0.340 e. The van der Waals surface area contributed by atoms with Crippen LogP contribution in [-0.2, 0) is 16.1 Å². The van der Waals surface area contributed by atoms with Crippen LogP contribution in [0, 0.1) is 0 Å². The van der Waals surface area contributed by atoms with Crippen molar-refractivity contribution >= 4 is 40.8 Å². The Morgan fingerprint density at radius 2 is 1.65 bits per heavy atom. The lowest BCUT2D eigenvalue weighted by Crippen LogP contribution is -2.30. The molecule has 0 saturated carbocycles. The van der Waals surface area contributed by atoms with Crippen molar-refractivity contribution in [2.45, 2.75) is 6.54 Å². The molecule has 0 radical (unpaired) electrons. The zero-order chi connectivity index (χ0) is 19.3. The summed E-state index contributed by atoms with van der Waals surface area (Å²) in [6.45, 7) is 0.0516. The number of hydrogen-bond donors (Lipinski definition) is 0. The number of halogens is 2. The number of benzene rings is 2. The van der Waals surface area contributed by atoms with E-state index in [9.17, 15) is 9.59 Å². The number of carbonyl (C=O) groups excluding carboxylic acids is 2. The van der Waals surface area contributed by atoms with E-state index in [2.05, 4.69) is 0 Å². The summed E-state index contributed by atoms with van der Waals surface area (Å²) in [4.78, 5) is 27.8.